The minimum Gasteiger partial charge on any atom is -0.356 e. The molecule has 4 heteroatoms. The lowest BCUT2D eigenvalue weighted by Crippen LogP contribution is -2.26. The fourth-order valence-corrected chi connectivity index (χ4v) is 4.43. The van der Waals surface area contributed by atoms with Crippen molar-refractivity contribution in [2.24, 2.45) is 0 Å². The highest BCUT2D eigenvalue weighted by Crippen LogP contribution is 2.36. The molecule has 1 N–H and O–H groups in total. The molecule has 3 aromatic carbocycles. The zero-order chi connectivity index (χ0) is 22.5. The number of aromatic nitrogens is 1. The maximum absolute atomic E-state index is 12.8. The van der Waals surface area contributed by atoms with Crippen LogP contribution >= 0.6 is 11.6 Å². The molecule has 4 aromatic rings. The van der Waals surface area contributed by atoms with E-state index in [1.54, 1.807) is 0 Å². The van der Waals surface area contributed by atoms with Crippen molar-refractivity contribution in [1.29, 1.82) is 0 Å². The van der Waals surface area contributed by atoms with E-state index >= 15 is 0 Å². The zero-order valence-corrected chi connectivity index (χ0v) is 19.4. The van der Waals surface area contributed by atoms with Crippen LogP contribution in [0.15, 0.2) is 79.0 Å². The number of hydrogen-bond acceptors (Lipinski definition) is 1. The molecule has 32 heavy (non-hydrogen) atoms. The minimum atomic E-state index is -0.0743. The first-order valence-corrected chi connectivity index (χ1v) is 11.6. The van der Waals surface area contributed by atoms with E-state index in [9.17, 15) is 4.79 Å². The molecule has 164 valence electrons. The van der Waals surface area contributed by atoms with Crippen molar-refractivity contribution in [3.8, 4) is 0 Å². The summed E-state index contributed by atoms with van der Waals surface area (Å²) in [5.41, 5.74) is 5.89. The number of halogens is 1. The summed E-state index contributed by atoms with van der Waals surface area (Å²) in [6.45, 7) is 5.64. The summed E-state index contributed by atoms with van der Waals surface area (Å²) in [7, 11) is 0. The van der Waals surface area contributed by atoms with Gasteiger partial charge in [-0.3, -0.25) is 4.79 Å². The molecule has 1 heterocycles. The van der Waals surface area contributed by atoms with Crippen molar-refractivity contribution in [2.75, 3.05) is 6.54 Å². The van der Waals surface area contributed by atoms with Crippen LogP contribution in [0.3, 0.4) is 0 Å². The lowest BCUT2D eigenvalue weighted by atomic mass is 9.88. The third-order valence-electron chi connectivity index (χ3n) is 5.88. The van der Waals surface area contributed by atoms with Crippen molar-refractivity contribution in [2.45, 2.75) is 39.2 Å². The number of aryl methyl sites for hydroxylation is 1. The van der Waals surface area contributed by atoms with Crippen molar-refractivity contribution in [3.05, 3.63) is 106 Å². The molecule has 4 rings (SSSR count). The third-order valence-corrected chi connectivity index (χ3v) is 6.12. The quantitative estimate of drug-likeness (QED) is 0.322. The Morgan fingerprint density at radius 2 is 1.81 bits per heavy atom. The largest absolute Gasteiger partial charge is 0.356 e. The first kappa shape index (κ1) is 22.2. The van der Waals surface area contributed by atoms with Crippen LogP contribution in [-0.2, 0) is 11.3 Å². The Balaban J connectivity index is 1.77. The van der Waals surface area contributed by atoms with Crippen molar-refractivity contribution >= 4 is 28.4 Å². The van der Waals surface area contributed by atoms with Crippen LogP contribution in [0.2, 0.25) is 5.02 Å². The Hall–Kier alpha value is -3.04. The molecule has 3 nitrogen and oxygen atoms in total. The predicted molar refractivity (Wildman–Crippen MR) is 133 cm³/mol. The van der Waals surface area contributed by atoms with Gasteiger partial charge in [0.1, 0.15) is 0 Å². The zero-order valence-electron chi connectivity index (χ0n) is 18.6. The molecule has 0 saturated heterocycles. The van der Waals surface area contributed by atoms with Crippen LogP contribution in [0.5, 0.6) is 0 Å². The standard InChI is InChI=1S/C28H29ClN2O/c1-3-15-30-28(32)17-25(22-7-6-8-23(29)16-22)26-19-31(27-10-5-4-9-24(26)27)18-21-13-11-20(2)12-14-21/h4-14,16,19,25H,3,15,17-18H2,1-2H3,(H,30,32). The Morgan fingerprint density at radius 3 is 2.56 bits per heavy atom. The summed E-state index contributed by atoms with van der Waals surface area (Å²) in [5.74, 6) is -0.0121. The molecule has 0 aliphatic heterocycles. The highest BCUT2D eigenvalue weighted by Gasteiger charge is 2.23. The highest BCUT2D eigenvalue weighted by molar-refractivity contribution is 6.30. The topological polar surface area (TPSA) is 34.0 Å². The molecular weight excluding hydrogens is 416 g/mol. The summed E-state index contributed by atoms with van der Waals surface area (Å²) in [5, 5.41) is 4.90. The summed E-state index contributed by atoms with van der Waals surface area (Å²) >= 11 is 6.33. The average Bonchev–Trinajstić information content (AvgIpc) is 3.16. The number of carbonyl (C=O) groups excluding carboxylic acids is 1. The van der Waals surface area contributed by atoms with Crippen LogP contribution in [0.4, 0.5) is 0 Å². The van der Waals surface area contributed by atoms with Gasteiger partial charge in [0.2, 0.25) is 5.91 Å². The van der Waals surface area contributed by atoms with Crippen LogP contribution in [0.25, 0.3) is 10.9 Å². The number of benzene rings is 3. The predicted octanol–water partition coefficient (Wildman–Crippen LogP) is 6.70. The molecule has 0 aliphatic carbocycles. The van der Waals surface area contributed by atoms with Crippen LogP contribution in [0.1, 0.15) is 47.9 Å². The first-order valence-electron chi connectivity index (χ1n) is 11.2. The minimum absolute atomic E-state index is 0.0622. The fourth-order valence-electron chi connectivity index (χ4n) is 4.23. The number of rotatable bonds is 8. The fraction of sp³-hybridized carbons (Fsp3) is 0.250. The second-order valence-electron chi connectivity index (χ2n) is 8.38. The molecule has 0 saturated carbocycles. The number of hydrogen-bond donors (Lipinski definition) is 1. The van der Waals surface area contributed by atoms with Gasteiger partial charge < -0.3 is 9.88 Å². The van der Waals surface area contributed by atoms with Gasteiger partial charge in [-0.25, -0.2) is 0 Å². The lowest BCUT2D eigenvalue weighted by Gasteiger charge is -2.17. The van der Waals surface area contributed by atoms with Crippen LogP contribution in [-0.4, -0.2) is 17.0 Å². The van der Waals surface area contributed by atoms with Gasteiger partial charge in [0, 0.05) is 47.6 Å². The third kappa shape index (κ3) is 5.05. The molecule has 0 fully saturated rings. The van der Waals surface area contributed by atoms with Crippen molar-refractivity contribution in [3.63, 3.8) is 0 Å². The van der Waals surface area contributed by atoms with Gasteiger partial charge >= 0.3 is 0 Å². The molecule has 0 radical (unpaired) electrons. The molecule has 0 spiro atoms. The maximum atomic E-state index is 12.8. The van der Waals surface area contributed by atoms with Gasteiger partial charge in [-0.2, -0.15) is 0 Å². The number of nitrogens with zero attached hydrogens (tertiary/aromatic N) is 1. The Kier molecular flexibility index (Phi) is 6.96. The Labute approximate surface area is 195 Å². The van der Waals surface area contributed by atoms with Gasteiger partial charge in [0.05, 0.1) is 0 Å². The van der Waals surface area contributed by atoms with E-state index in [1.165, 1.54) is 22.0 Å². The van der Waals surface area contributed by atoms with E-state index in [2.05, 4.69) is 84.5 Å². The molecular formula is C28H29ClN2O. The van der Waals surface area contributed by atoms with E-state index in [1.807, 2.05) is 18.2 Å². The van der Waals surface area contributed by atoms with Gasteiger partial charge in [0.15, 0.2) is 0 Å². The SMILES string of the molecule is CCCNC(=O)CC(c1cccc(Cl)c1)c1cn(Cc2ccc(C)cc2)c2ccccc12. The summed E-state index contributed by atoms with van der Waals surface area (Å²) in [4.78, 5) is 12.8. The highest BCUT2D eigenvalue weighted by atomic mass is 35.5. The number of carbonyl (C=O) groups is 1. The monoisotopic (exact) mass is 444 g/mol. The van der Waals surface area contributed by atoms with Crippen molar-refractivity contribution in [1.82, 2.24) is 9.88 Å². The first-order chi connectivity index (χ1) is 15.5. The van der Waals surface area contributed by atoms with Gasteiger partial charge in [-0.15, -0.1) is 0 Å². The molecule has 1 amide bonds. The lowest BCUT2D eigenvalue weighted by molar-refractivity contribution is -0.121. The average molecular weight is 445 g/mol. The summed E-state index contributed by atoms with van der Waals surface area (Å²) in [6.07, 6.45) is 3.52. The van der Waals surface area contributed by atoms with E-state index in [0.717, 1.165) is 24.1 Å². The van der Waals surface area contributed by atoms with E-state index in [0.29, 0.717) is 18.0 Å². The molecule has 1 aromatic heterocycles. The smallest absolute Gasteiger partial charge is 0.220 e. The molecule has 1 unspecified atom stereocenters. The molecule has 1 atom stereocenters. The van der Waals surface area contributed by atoms with Crippen LogP contribution < -0.4 is 5.32 Å². The summed E-state index contributed by atoms with van der Waals surface area (Å²) in [6, 6.07) is 25.0. The Morgan fingerprint density at radius 1 is 1.03 bits per heavy atom. The van der Waals surface area contributed by atoms with Crippen LogP contribution in [0, 0.1) is 6.92 Å². The van der Waals surface area contributed by atoms with E-state index < -0.39 is 0 Å². The summed E-state index contributed by atoms with van der Waals surface area (Å²) < 4.78 is 2.29. The van der Waals surface area contributed by atoms with Gasteiger partial charge in [0.25, 0.3) is 0 Å². The van der Waals surface area contributed by atoms with Gasteiger partial charge in [-0.1, -0.05) is 78.7 Å². The normalized spacial score (nSPS) is 12.1. The number of fused-ring (bicyclic) bond motifs is 1. The Bertz CT molecular complexity index is 1210. The van der Waals surface area contributed by atoms with Crippen molar-refractivity contribution < 1.29 is 4.79 Å². The van der Waals surface area contributed by atoms with E-state index in [-0.39, 0.29) is 11.8 Å². The molecule has 0 aliphatic rings. The molecule has 0 bridgehead atoms. The van der Waals surface area contributed by atoms with E-state index in [4.69, 9.17) is 11.6 Å². The number of nitrogens with one attached hydrogen (secondary N) is 1. The van der Waals surface area contributed by atoms with Gasteiger partial charge in [-0.05, 0) is 48.2 Å². The second kappa shape index (κ2) is 10.1. The number of para-hydroxylation sites is 1. The maximum Gasteiger partial charge on any atom is 0.220 e. The second-order valence-corrected chi connectivity index (χ2v) is 8.81. The number of amides is 1.